The minimum atomic E-state index is -0.993. The molecule has 0 saturated carbocycles. The Morgan fingerprint density at radius 2 is 2.28 bits per heavy atom. The van der Waals surface area contributed by atoms with Crippen molar-refractivity contribution in [2.45, 2.75) is 6.92 Å². The Morgan fingerprint density at radius 3 is 2.83 bits per heavy atom. The molecule has 0 aliphatic carbocycles. The van der Waals surface area contributed by atoms with Gasteiger partial charge in [0.1, 0.15) is 0 Å². The number of nitro groups is 1. The van der Waals surface area contributed by atoms with Crippen LogP contribution in [0.5, 0.6) is 0 Å². The predicted octanol–water partition coefficient (Wildman–Crippen LogP) is 3.02. The molecule has 0 spiro atoms. The van der Waals surface area contributed by atoms with Gasteiger partial charge in [-0.05, 0) is 6.07 Å². The SMILES string of the molecule is CC(=O)SCC#Cc1cc(F)c([N+](=O)[O-])cc1Cl. The summed E-state index contributed by atoms with van der Waals surface area (Å²) >= 11 is 6.75. The van der Waals surface area contributed by atoms with Crippen molar-refractivity contribution in [3.8, 4) is 11.8 Å². The van der Waals surface area contributed by atoms with Gasteiger partial charge in [-0.3, -0.25) is 14.9 Å². The van der Waals surface area contributed by atoms with Crippen LogP contribution in [0.15, 0.2) is 12.1 Å². The first kappa shape index (κ1) is 14.5. The molecule has 0 aliphatic rings. The van der Waals surface area contributed by atoms with E-state index in [-0.39, 0.29) is 21.5 Å². The van der Waals surface area contributed by atoms with Gasteiger partial charge in [0.15, 0.2) is 5.12 Å². The molecule has 0 unspecified atom stereocenters. The van der Waals surface area contributed by atoms with E-state index in [1.165, 1.54) is 6.92 Å². The van der Waals surface area contributed by atoms with E-state index in [1.807, 2.05) is 0 Å². The Hall–Kier alpha value is -1.58. The van der Waals surface area contributed by atoms with Crippen molar-refractivity contribution in [3.05, 3.63) is 38.7 Å². The number of carbonyl (C=O) groups is 1. The van der Waals surface area contributed by atoms with Crippen LogP contribution in [-0.2, 0) is 4.79 Å². The number of nitrogens with zero attached hydrogens (tertiary/aromatic N) is 1. The summed E-state index contributed by atoms with van der Waals surface area (Å²) in [5, 5.41) is 10.4. The second-order valence-electron chi connectivity index (χ2n) is 3.12. The van der Waals surface area contributed by atoms with E-state index in [4.69, 9.17) is 11.6 Å². The molecule has 0 bridgehead atoms. The lowest BCUT2D eigenvalue weighted by Gasteiger charge is -1.98. The highest BCUT2D eigenvalue weighted by molar-refractivity contribution is 8.13. The maximum absolute atomic E-state index is 13.3. The number of hydrogen-bond acceptors (Lipinski definition) is 4. The molecule has 0 amide bonds. The quantitative estimate of drug-likeness (QED) is 0.476. The third-order valence-electron chi connectivity index (χ3n) is 1.80. The van der Waals surface area contributed by atoms with Crippen molar-refractivity contribution in [1.29, 1.82) is 0 Å². The second-order valence-corrected chi connectivity index (χ2v) is 4.68. The van der Waals surface area contributed by atoms with Gasteiger partial charge in [-0.15, -0.1) is 0 Å². The topological polar surface area (TPSA) is 60.2 Å². The lowest BCUT2D eigenvalue weighted by atomic mass is 10.2. The van der Waals surface area contributed by atoms with Crippen LogP contribution in [0.25, 0.3) is 0 Å². The fourth-order valence-corrected chi connectivity index (χ4v) is 1.59. The highest BCUT2D eigenvalue weighted by Crippen LogP contribution is 2.25. The van der Waals surface area contributed by atoms with Gasteiger partial charge < -0.3 is 0 Å². The number of carbonyl (C=O) groups excluding carboxylic acids is 1. The summed E-state index contributed by atoms with van der Waals surface area (Å²) in [7, 11) is 0. The lowest BCUT2D eigenvalue weighted by molar-refractivity contribution is -0.387. The van der Waals surface area contributed by atoms with Gasteiger partial charge in [-0.1, -0.05) is 35.2 Å². The van der Waals surface area contributed by atoms with Crippen molar-refractivity contribution < 1.29 is 14.1 Å². The standard InChI is InChI=1S/C11H7ClFNO3S/c1-7(15)18-4-2-3-8-5-10(13)11(14(16)17)6-9(8)12/h5-6H,4H2,1H3. The van der Waals surface area contributed by atoms with Gasteiger partial charge in [0.25, 0.3) is 0 Å². The summed E-state index contributed by atoms with van der Waals surface area (Å²) in [5.74, 6) is 4.44. The van der Waals surface area contributed by atoms with E-state index in [0.29, 0.717) is 0 Å². The first-order chi connectivity index (χ1) is 8.41. The first-order valence-electron chi connectivity index (χ1n) is 4.67. The van der Waals surface area contributed by atoms with Crippen LogP contribution in [0.3, 0.4) is 0 Å². The molecule has 0 saturated heterocycles. The molecule has 0 aromatic heterocycles. The summed E-state index contributed by atoms with van der Waals surface area (Å²) in [6, 6.07) is 1.82. The lowest BCUT2D eigenvalue weighted by Crippen LogP contribution is -1.94. The Labute approximate surface area is 112 Å². The van der Waals surface area contributed by atoms with Crippen molar-refractivity contribution in [2.75, 3.05) is 5.75 Å². The minimum absolute atomic E-state index is 0.00317. The first-order valence-corrected chi connectivity index (χ1v) is 6.04. The van der Waals surface area contributed by atoms with E-state index in [2.05, 4.69) is 11.8 Å². The Morgan fingerprint density at radius 1 is 1.61 bits per heavy atom. The van der Waals surface area contributed by atoms with E-state index in [1.54, 1.807) is 0 Å². The zero-order valence-corrected chi connectivity index (χ0v) is 10.8. The number of rotatable bonds is 2. The largest absolute Gasteiger partial charge is 0.306 e. The van der Waals surface area contributed by atoms with Gasteiger partial charge in [-0.25, -0.2) is 0 Å². The van der Waals surface area contributed by atoms with Crippen LogP contribution >= 0.6 is 23.4 Å². The van der Waals surface area contributed by atoms with E-state index in [0.717, 1.165) is 23.9 Å². The van der Waals surface area contributed by atoms with Crippen molar-refractivity contribution in [2.24, 2.45) is 0 Å². The average Bonchev–Trinajstić information content (AvgIpc) is 2.27. The fourth-order valence-electron chi connectivity index (χ4n) is 1.04. The minimum Gasteiger partial charge on any atom is -0.288 e. The number of halogens is 2. The van der Waals surface area contributed by atoms with Crippen LogP contribution in [-0.4, -0.2) is 15.8 Å². The van der Waals surface area contributed by atoms with Gasteiger partial charge in [0.2, 0.25) is 5.82 Å². The molecule has 0 atom stereocenters. The highest BCUT2D eigenvalue weighted by Gasteiger charge is 2.16. The predicted molar refractivity (Wildman–Crippen MR) is 68.1 cm³/mol. The van der Waals surface area contributed by atoms with Crippen molar-refractivity contribution >= 4 is 34.2 Å². The van der Waals surface area contributed by atoms with E-state index >= 15 is 0 Å². The molecular formula is C11H7ClFNO3S. The fraction of sp³-hybridized carbons (Fsp3) is 0.182. The summed E-state index contributed by atoms with van der Waals surface area (Å²) in [5.41, 5.74) is -0.535. The zero-order chi connectivity index (χ0) is 13.7. The van der Waals surface area contributed by atoms with Crippen molar-refractivity contribution in [3.63, 3.8) is 0 Å². The highest BCUT2D eigenvalue weighted by atomic mass is 35.5. The average molecular weight is 288 g/mol. The maximum atomic E-state index is 13.3. The molecule has 1 aromatic rings. The molecule has 0 radical (unpaired) electrons. The third kappa shape index (κ3) is 4.02. The van der Waals surface area contributed by atoms with Gasteiger partial charge in [0, 0.05) is 18.6 Å². The maximum Gasteiger partial charge on any atom is 0.306 e. The number of hydrogen-bond donors (Lipinski definition) is 0. The molecule has 0 aliphatic heterocycles. The van der Waals surface area contributed by atoms with Gasteiger partial charge >= 0.3 is 5.69 Å². The van der Waals surface area contributed by atoms with Gasteiger partial charge in [0.05, 0.1) is 15.7 Å². The molecule has 1 rings (SSSR count). The van der Waals surface area contributed by atoms with E-state index in [9.17, 15) is 19.3 Å². The third-order valence-corrected chi connectivity index (χ3v) is 2.81. The summed E-state index contributed by atoms with van der Waals surface area (Å²) in [6.07, 6.45) is 0. The van der Waals surface area contributed by atoms with Crippen LogP contribution in [0.2, 0.25) is 5.02 Å². The zero-order valence-electron chi connectivity index (χ0n) is 9.20. The van der Waals surface area contributed by atoms with Crippen molar-refractivity contribution in [1.82, 2.24) is 0 Å². The Bertz CT molecular complexity index is 565. The molecule has 0 N–H and O–H groups in total. The van der Waals surface area contributed by atoms with Gasteiger partial charge in [-0.2, -0.15) is 4.39 Å². The molecular weight excluding hydrogens is 281 g/mol. The Kier molecular flexibility index (Phi) is 5.13. The smallest absolute Gasteiger partial charge is 0.288 e. The summed E-state index contributed by atoms with van der Waals surface area (Å²) < 4.78 is 13.3. The number of benzene rings is 1. The molecule has 18 heavy (non-hydrogen) atoms. The monoisotopic (exact) mass is 287 g/mol. The van der Waals surface area contributed by atoms with Crippen LogP contribution < -0.4 is 0 Å². The summed E-state index contributed by atoms with van der Waals surface area (Å²) in [4.78, 5) is 20.2. The molecule has 0 fully saturated rings. The Balaban J connectivity index is 2.94. The number of thioether (sulfide) groups is 1. The van der Waals surface area contributed by atoms with Crippen LogP contribution in [0.4, 0.5) is 10.1 Å². The molecule has 0 heterocycles. The summed E-state index contributed by atoms with van der Waals surface area (Å²) in [6.45, 7) is 1.41. The molecule has 4 nitrogen and oxygen atoms in total. The van der Waals surface area contributed by atoms with Crippen LogP contribution in [0.1, 0.15) is 12.5 Å². The normalized spacial score (nSPS) is 9.50. The molecule has 94 valence electrons. The molecule has 1 aromatic carbocycles. The molecule has 7 heteroatoms. The van der Waals surface area contributed by atoms with Crippen LogP contribution in [0, 0.1) is 27.8 Å². The number of nitro benzene ring substituents is 1. The van der Waals surface area contributed by atoms with E-state index < -0.39 is 16.4 Å². The second kappa shape index (κ2) is 6.38.